The molecule has 0 saturated carbocycles. The van der Waals surface area contributed by atoms with Gasteiger partial charge in [0.25, 0.3) is 0 Å². The summed E-state index contributed by atoms with van der Waals surface area (Å²) in [6.45, 7) is 4.74. The number of carbonyl (C=O) groups is 2. The molecule has 6 nitrogen and oxygen atoms in total. The molecule has 1 atom stereocenters. The molecule has 3 rings (SSSR count). The van der Waals surface area contributed by atoms with Crippen molar-refractivity contribution >= 4 is 29.2 Å². The van der Waals surface area contributed by atoms with E-state index in [-0.39, 0.29) is 11.8 Å². The van der Waals surface area contributed by atoms with Gasteiger partial charge in [0.2, 0.25) is 11.8 Å². The van der Waals surface area contributed by atoms with Gasteiger partial charge in [-0.1, -0.05) is 30.7 Å². The van der Waals surface area contributed by atoms with Crippen LogP contribution >= 0.6 is 11.6 Å². The first kappa shape index (κ1) is 17.5. The maximum atomic E-state index is 12.7. The van der Waals surface area contributed by atoms with Gasteiger partial charge in [-0.2, -0.15) is 5.10 Å². The Morgan fingerprint density at radius 1 is 1.36 bits per heavy atom. The molecule has 0 spiro atoms. The van der Waals surface area contributed by atoms with Crippen LogP contribution in [-0.4, -0.2) is 27.6 Å². The number of benzene rings is 1. The first-order valence-electron chi connectivity index (χ1n) is 8.38. The minimum absolute atomic E-state index is 0.0408. The number of fused-ring (bicyclic) bond motifs is 1. The van der Waals surface area contributed by atoms with Gasteiger partial charge in [0, 0.05) is 24.1 Å². The topological polar surface area (TPSA) is 67.2 Å². The van der Waals surface area contributed by atoms with Crippen LogP contribution in [0.5, 0.6) is 0 Å². The third kappa shape index (κ3) is 3.69. The Morgan fingerprint density at radius 2 is 2.08 bits per heavy atom. The molecule has 0 aliphatic carbocycles. The second kappa shape index (κ2) is 7.27. The second-order valence-corrected chi connectivity index (χ2v) is 6.59. The molecule has 132 valence electrons. The summed E-state index contributed by atoms with van der Waals surface area (Å²) < 4.78 is 1.80. The number of amides is 2. The second-order valence-electron chi connectivity index (χ2n) is 6.15. The van der Waals surface area contributed by atoms with Gasteiger partial charge in [0.15, 0.2) is 0 Å². The van der Waals surface area contributed by atoms with E-state index in [1.165, 1.54) is 0 Å². The van der Waals surface area contributed by atoms with E-state index < -0.39 is 6.04 Å². The maximum Gasteiger partial charge on any atom is 0.243 e. The quantitative estimate of drug-likeness (QED) is 0.891. The maximum absolute atomic E-state index is 12.7. The van der Waals surface area contributed by atoms with Crippen LogP contribution in [0.4, 0.5) is 5.82 Å². The molecule has 2 heterocycles. The summed E-state index contributed by atoms with van der Waals surface area (Å²) >= 11 is 5.87. The average molecular weight is 361 g/mol. The van der Waals surface area contributed by atoms with E-state index in [0.717, 1.165) is 11.3 Å². The molecule has 1 N–H and O–H groups in total. The highest BCUT2D eigenvalue weighted by Crippen LogP contribution is 2.26. The van der Waals surface area contributed by atoms with Crippen molar-refractivity contribution in [2.75, 3.05) is 4.90 Å². The predicted octanol–water partition coefficient (Wildman–Crippen LogP) is 2.68. The van der Waals surface area contributed by atoms with Gasteiger partial charge in [-0.15, -0.1) is 0 Å². The lowest BCUT2D eigenvalue weighted by atomic mass is 10.1. The number of aromatic nitrogens is 2. The highest BCUT2D eigenvalue weighted by atomic mass is 35.5. The lowest BCUT2D eigenvalue weighted by Crippen LogP contribution is -2.52. The highest BCUT2D eigenvalue weighted by molar-refractivity contribution is 6.30. The zero-order valence-electron chi connectivity index (χ0n) is 14.3. The van der Waals surface area contributed by atoms with E-state index >= 15 is 0 Å². The molecule has 7 heteroatoms. The molecule has 2 aromatic rings. The molecule has 1 aromatic heterocycles. The van der Waals surface area contributed by atoms with E-state index in [1.807, 2.05) is 32.0 Å². The Labute approximate surface area is 151 Å². The van der Waals surface area contributed by atoms with Crippen LogP contribution in [0, 0.1) is 6.92 Å². The van der Waals surface area contributed by atoms with Crippen LogP contribution < -0.4 is 10.2 Å². The molecule has 25 heavy (non-hydrogen) atoms. The summed E-state index contributed by atoms with van der Waals surface area (Å²) in [6.07, 6.45) is 0.886. The van der Waals surface area contributed by atoms with E-state index in [0.29, 0.717) is 36.8 Å². The number of aryl methyl sites for hydroxylation is 2. The average Bonchev–Trinajstić information content (AvgIpc) is 2.97. The largest absolute Gasteiger partial charge is 0.350 e. The van der Waals surface area contributed by atoms with Gasteiger partial charge in [0.05, 0.1) is 12.2 Å². The van der Waals surface area contributed by atoms with Gasteiger partial charge in [-0.25, -0.2) is 4.68 Å². The Balaban J connectivity index is 1.75. The van der Waals surface area contributed by atoms with Crippen molar-refractivity contribution in [2.45, 2.75) is 45.8 Å². The van der Waals surface area contributed by atoms with E-state index in [1.54, 1.807) is 21.7 Å². The molecule has 0 unspecified atom stereocenters. The monoisotopic (exact) mass is 360 g/mol. The first-order chi connectivity index (χ1) is 12.0. The number of carbonyl (C=O) groups excluding carboxylic acids is 2. The fraction of sp³-hybridized carbons (Fsp3) is 0.389. The predicted molar refractivity (Wildman–Crippen MR) is 96.4 cm³/mol. The summed E-state index contributed by atoms with van der Waals surface area (Å²) in [7, 11) is 0. The molecule has 2 amide bonds. The van der Waals surface area contributed by atoms with Crippen molar-refractivity contribution in [3.8, 4) is 0 Å². The number of nitrogens with zero attached hydrogens (tertiary/aromatic N) is 3. The lowest BCUT2D eigenvalue weighted by molar-refractivity contribution is -0.127. The summed E-state index contributed by atoms with van der Waals surface area (Å²) in [5, 5.41) is 7.97. The standard InChI is InChI=1S/C18H21ClN4O2/c1-3-15(18(25)20-11-13-4-6-14(19)7-5-13)23-16-10-12(2)21-22(16)9-8-17(23)24/h4-7,10,15H,3,8-9,11H2,1-2H3,(H,20,25)/t15-/m0/s1. The fourth-order valence-corrected chi connectivity index (χ4v) is 3.19. The Hall–Kier alpha value is -2.34. The summed E-state index contributed by atoms with van der Waals surface area (Å²) in [4.78, 5) is 26.8. The minimum Gasteiger partial charge on any atom is -0.350 e. The number of hydrogen-bond donors (Lipinski definition) is 1. The fourth-order valence-electron chi connectivity index (χ4n) is 3.07. The van der Waals surface area contributed by atoms with E-state index in [4.69, 9.17) is 11.6 Å². The molecule has 1 aromatic carbocycles. The SMILES string of the molecule is CC[C@@H](C(=O)NCc1ccc(Cl)cc1)N1C(=O)CCn2nc(C)cc21. The minimum atomic E-state index is -0.546. The molecular weight excluding hydrogens is 340 g/mol. The summed E-state index contributed by atoms with van der Waals surface area (Å²) in [5.41, 5.74) is 1.80. The highest BCUT2D eigenvalue weighted by Gasteiger charge is 2.34. The molecule has 0 saturated heterocycles. The zero-order chi connectivity index (χ0) is 18.0. The third-order valence-corrected chi connectivity index (χ3v) is 4.57. The molecular formula is C18H21ClN4O2. The third-order valence-electron chi connectivity index (χ3n) is 4.31. The smallest absolute Gasteiger partial charge is 0.243 e. The Bertz CT molecular complexity index is 785. The molecule has 0 fully saturated rings. The zero-order valence-corrected chi connectivity index (χ0v) is 15.1. The van der Waals surface area contributed by atoms with Gasteiger partial charge < -0.3 is 5.32 Å². The van der Waals surface area contributed by atoms with Crippen molar-refractivity contribution in [2.24, 2.45) is 0 Å². The summed E-state index contributed by atoms with van der Waals surface area (Å²) in [5.74, 6) is 0.487. The first-order valence-corrected chi connectivity index (χ1v) is 8.76. The molecule has 0 bridgehead atoms. The van der Waals surface area contributed by atoms with Crippen molar-refractivity contribution < 1.29 is 9.59 Å². The van der Waals surface area contributed by atoms with Gasteiger partial charge >= 0.3 is 0 Å². The van der Waals surface area contributed by atoms with Crippen LogP contribution in [0.1, 0.15) is 31.0 Å². The number of rotatable bonds is 5. The van der Waals surface area contributed by atoms with Crippen molar-refractivity contribution in [3.05, 3.63) is 46.6 Å². The van der Waals surface area contributed by atoms with E-state index in [2.05, 4.69) is 10.4 Å². The number of hydrogen-bond acceptors (Lipinski definition) is 3. The van der Waals surface area contributed by atoms with Crippen LogP contribution in [0.15, 0.2) is 30.3 Å². The van der Waals surface area contributed by atoms with Crippen LogP contribution in [-0.2, 0) is 22.7 Å². The van der Waals surface area contributed by atoms with Crippen LogP contribution in [0.3, 0.4) is 0 Å². The normalized spacial score (nSPS) is 15.0. The number of halogens is 1. The van der Waals surface area contributed by atoms with Gasteiger partial charge in [-0.3, -0.25) is 14.5 Å². The van der Waals surface area contributed by atoms with Gasteiger partial charge in [0.1, 0.15) is 11.9 Å². The van der Waals surface area contributed by atoms with E-state index in [9.17, 15) is 9.59 Å². The van der Waals surface area contributed by atoms with Crippen molar-refractivity contribution in [1.82, 2.24) is 15.1 Å². The van der Waals surface area contributed by atoms with Crippen molar-refractivity contribution in [1.29, 1.82) is 0 Å². The number of anilines is 1. The van der Waals surface area contributed by atoms with Gasteiger partial charge in [-0.05, 0) is 31.0 Å². The van der Waals surface area contributed by atoms with Crippen LogP contribution in [0.2, 0.25) is 5.02 Å². The Morgan fingerprint density at radius 3 is 2.76 bits per heavy atom. The van der Waals surface area contributed by atoms with Crippen LogP contribution in [0.25, 0.3) is 0 Å². The lowest BCUT2D eigenvalue weighted by Gasteiger charge is -2.33. The Kier molecular flexibility index (Phi) is 5.08. The summed E-state index contributed by atoms with van der Waals surface area (Å²) in [6, 6.07) is 8.62. The van der Waals surface area contributed by atoms with Crippen molar-refractivity contribution in [3.63, 3.8) is 0 Å². The molecule has 0 radical (unpaired) electrons. The molecule has 1 aliphatic heterocycles. The number of nitrogens with one attached hydrogen (secondary N) is 1. The molecule has 1 aliphatic rings.